The highest BCUT2D eigenvalue weighted by molar-refractivity contribution is 7.99. The molecule has 2 rings (SSSR count). The molecule has 0 N–H and O–H groups in total. The molecule has 0 bridgehead atoms. The third kappa shape index (κ3) is 4.33. The zero-order chi connectivity index (χ0) is 14.6. The standard InChI is InChI=1S/C14H19NO3S2/c1-20(17,18)15-7-3-5-13(9-15)11-19-14-6-2-4-12(8-14)10-16/h2,4,6,8,10,13H,3,5,7,9,11H2,1H3. The predicted molar refractivity (Wildman–Crippen MR) is 81.7 cm³/mol. The smallest absolute Gasteiger partial charge is 0.211 e. The molecule has 1 fully saturated rings. The van der Waals surface area contributed by atoms with Gasteiger partial charge in [0.05, 0.1) is 6.26 Å². The van der Waals surface area contributed by atoms with E-state index in [1.807, 2.05) is 18.2 Å². The van der Waals surface area contributed by atoms with Crippen molar-refractivity contribution in [2.24, 2.45) is 5.92 Å². The molecule has 110 valence electrons. The molecule has 0 spiro atoms. The lowest BCUT2D eigenvalue weighted by atomic mass is 10.0. The Morgan fingerprint density at radius 3 is 2.95 bits per heavy atom. The summed E-state index contributed by atoms with van der Waals surface area (Å²) in [5.41, 5.74) is 0.677. The van der Waals surface area contributed by atoms with E-state index in [0.29, 0.717) is 24.6 Å². The molecule has 0 radical (unpaired) electrons. The van der Waals surface area contributed by atoms with Gasteiger partial charge in [-0.2, -0.15) is 0 Å². The number of hydrogen-bond acceptors (Lipinski definition) is 4. The number of thioether (sulfide) groups is 1. The highest BCUT2D eigenvalue weighted by Crippen LogP contribution is 2.27. The van der Waals surface area contributed by atoms with Crippen molar-refractivity contribution in [1.29, 1.82) is 0 Å². The Morgan fingerprint density at radius 1 is 1.45 bits per heavy atom. The van der Waals surface area contributed by atoms with Crippen molar-refractivity contribution in [2.75, 3.05) is 25.1 Å². The SMILES string of the molecule is CS(=O)(=O)N1CCCC(CSc2cccc(C=O)c2)C1. The molecule has 20 heavy (non-hydrogen) atoms. The van der Waals surface area contributed by atoms with Crippen molar-refractivity contribution in [2.45, 2.75) is 17.7 Å². The fourth-order valence-electron chi connectivity index (χ4n) is 2.36. The summed E-state index contributed by atoms with van der Waals surface area (Å²) in [4.78, 5) is 11.8. The minimum Gasteiger partial charge on any atom is -0.298 e. The average molecular weight is 313 g/mol. The first-order chi connectivity index (χ1) is 9.49. The summed E-state index contributed by atoms with van der Waals surface area (Å²) >= 11 is 1.69. The molecule has 0 aliphatic carbocycles. The average Bonchev–Trinajstić information content (AvgIpc) is 2.45. The molecule has 0 aromatic heterocycles. The first-order valence-corrected chi connectivity index (χ1v) is 9.45. The van der Waals surface area contributed by atoms with Gasteiger partial charge in [-0.05, 0) is 30.9 Å². The second kappa shape index (κ2) is 6.74. The maximum atomic E-state index is 11.6. The second-order valence-electron chi connectivity index (χ2n) is 5.13. The van der Waals surface area contributed by atoms with Gasteiger partial charge in [0, 0.05) is 29.3 Å². The molecule has 1 heterocycles. The lowest BCUT2D eigenvalue weighted by Crippen LogP contribution is -2.39. The van der Waals surface area contributed by atoms with Crippen molar-refractivity contribution in [3.8, 4) is 0 Å². The van der Waals surface area contributed by atoms with E-state index in [9.17, 15) is 13.2 Å². The Balaban J connectivity index is 1.91. The molecule has 1 atom stereocenters. The number of rotatable bonds is 5. The summed E-state index contributed by atoms with van der Waals surface area (Å²) in [5, 5.41) is 0. The van der Waals surface area contributed by atoms with Gasteiger partial charge in [0.1, 0.15) is 6.29 Å². The van der Waals surface area contributed by atoms with Crippen molar-refractivity contribution in [3.05, 3.63) is 29.8 Å². The van der Waals surface area contributed by atoms with Gasteiger partial charge in [-0.15, -0.1) is 11.8 Å². The van der Waals surface area contributed by atoms with Crippen LogP contribution in [0.3, 0.4) is 0 Å². The number of benzene rings is 1. The molecule has 1 aliphatic rings. The minimum atomic E-state index is -3.07. The summed E-state index contributed by atoms with van der Waals surface area (Å²) in [6, 6.07) is 7.50. The highest BCUT2D eigenvalue weighted by atomic mass is 32.2. The number of carbonyl (C=O) groups excluding carboxylic acids is 1. The van der Waals surface area contributed by atoms with E-state index in [-0.39, 0.29) is 0 Å². The van der Waals surface area contributed by atoms with Gasteiger partial charge in [-0.25, -0.2) is 12.7 Å². The van der Waals surface area contributed by atoms with Crippen LogP contribution in [0.5, 0.6) is 0 Å². The predicted octanol–water partition coefficient (Wildman–Crippen LogP) is 2.26. The van der Waals surface area contributed by atoms with Crippen molar-refractivity contribution in [3.63, 3.8) is 0 Å². The van der Waals surface area contributed by atoms with E-state index in [0.717, 1.165) is 29.8 Å². The summed E-state index contributed by atoms with van der Waals surface area (Å²) in [6.07, 6.45) is 4.10. The molecular formula is C14H19NO3S2. The van der Waals surface area contributed by atoms with Crippen LogP contribution in [0.1, 0.15) is 23.2 Å². The molecular weight excluding hydrogens is 294 g/mol. The largest absolute Gasteiger partial charge is 0.298 e. The summed E-state index contributed by atoms with van der Waals surface area (Å²) in [5.74, 6) is 1.26. The van der Waals surface area contributed by atoms with Crippen LogP contribution in [0.2, 0.25) is 0 Å². The van der Waals surface area contributed by atoms with Crippen LogP contribution >= 0.6 is 11.8 Å². The monoisotopic (exact) mass is 313 g/mol. The topological polar surface area (TPSA) is 54.5 Å². The quantitative estimate of drug-likeness (QED) is 0.618. The van der Waals surface area contributed by atoms with Crippen LogP contribution in [-0.4, -0.2) is 44.1 Å². The Morgan fingerprint density at radius 2 is 2.25 bits per heavy atom. The van der Waals surface area contributed by atoms with Crippen molar-refractivity contribution >= 4 is 28.1 Å². The maximum absolute atomic E-state index is 11.6. The Kier molecular flexibility index (Phi) is 5.23. The Labute approximate surface area is 124 Å². The second-order valence-corrected chi connectivity index (χ2v) is 8.21. The van der Waals surface area contributed by atoms with Gasteiger partial charge < -0.3 is 0 Å². The molecule has 1 aromatic carbocycles. The van der Waals surface area contributed by atoms with Crippen LogP contribution in [0.4, 0.5) is 0 Å². The van der Waals surface area contributed by atoms with E-state index in [1.54, 1.807) is 22.1 Å². The van der Waals surface area contributed by atoms with E-state index in [4.69, 9.17) is 0 Å². The number of hydrogen-bond donors (Lipinski definition) is 0. The van der Waals surface area contributed by atoms with Gasteiger partial charge in [-0.3, -0.25) is 4.79 Å². The Bertz CT molecular complexity index is 572. The van der Waals surface area contributed by atoms with Gasteiger partial charge in [0.15, 0.2) is 0 Å². The molecule has 4 nitrogen and oxygen atoms in total. The van der Waals surface area contributed by atoms with Crippen molar-refractivity contribution < 1.29 is 13.2 Å². The van der Waals surface area contributed by atoms with Crippen LogP contribution in [0.15, 0.2) is 29.2 Å². The van der Waals surface area contributed by atoms with Crippen molar-refractivity contribution in [1.82, 2.24) is 4.31 Å². The number of nitrogens with zero attached hydrogens (tertiary/aromatic N) is 1. The number of aldehydes is 1. The summed E-state index contributed by atoms with van der Waals surface area (Å²) in [6.45, 7) is 1.25. The van der Waals surface area contributed by atoms with Crippen LogP contribution in [0.25, 0.3) is 0 Å². The lowest BCUT2D eigenvalue weighted by Gasteiger charge is -2.30. The number of sulfonamides is 1. The first kappa shape index (κ1) is 15.5. The van der Waals surface area contributed by atoms with E-state index < -0.39 is 10.0 Å². The molecule has 0 amide bonds. The van der Waals surface area contributed by atoms with E-state index in [1.165, 1.54) is 6.26 Å². The summed E-state index contributed by atoms with van der Waals surface area (Å²) in [7, 11) is -3.07. The lowest BCUT2D eigenvalue weighted by molar-refractivity contribution is 0.112. The molecule has 0 saturated carbocycles. The van der Waals surface area contributed by atoms with Gasteiger partial charge in [0.2, 0.25) is 10.0 Å². The molecule has 6 heteroatoms. The van der Waals surface area contributed by atoms with Crippen LogP contribution < -0.4 is 0 Å². The maximum Gasteiger partial charge on any atom is 0.211 e. The minimum absolute atomic E-state index is 0.378. The van der Waals surface area contributed by atoms with E-state index >= 15 is 0 Å². The Hall–Kier alpha value is -0.850. The van der Waals surface area contributed by atoms with Gasteiger partial charge in [-0.1, -0.05) is 12.1 Å². The van der Waals surface area contributed by atoms with E-state index in [2.05, 4.69) is 0 Å². The van der Waals surface area contributed by atoms with Crippen LogP contribution in [0, 0.1) is 5.92 Å². The molecule has 1 saturated heterocycles. The normalized spacial score (nSPS) is 20.8. The fraction of sp³-hybridized carbons (Fsp3) is 0.500. The zero-order valence-electron chi connectivity index (χ0n) is 11.5. The van der Waals surface area contributed by atoms with Gasteiger partial charge in [0.25, 0.3) is 0 Å². The van der Waals surface area contributed by atoms with Crippen LogP contribution in [-0.2, 0) is 10.0 Å². The van der Waals surface area contributed by atoms with Gasteiger partial charge >= 0.3 is 0 Å². The fourth-order valence-corrected chi connectivity index (χ4v) is 4.39. The first-order valence-electron chi connectivity index (χ1n) is 6.62. The third-order valence-corrected chi connectivity index (χ3v) is 5.93. The zero-order valence-corrected chi connectivity index (χ0v) is 13.1. The number of carbonyl (C=O) groups is 1. The molecule has 1 aromatic rings. The molecule has 1 unspecified atom stereocenters. The number of piperidine rings is 1. The highest BCUT2D eigenvalue weighted by Gasteiger charge is 2.25. The third-order valence-electron chi connectivity index (χ3n) is 3.43. The summed E-state index contributed by atoms with van der Waals surface area (Å²) < 4.78 is 24.7. The molecule has 1 aliphatic heterocycles.